The van der Waals surface area contributed by atoms with Crippen molar-refractivity contribution in [1.29, 1.82) is 0 Å². The molecule has 0 aliphatic heterocycles. The molecule has 11 heavy (non-hydrogen) atoms. The van der Waals surface area contributed by atoms with Crippen LogP contribution in [-0.4, -0.2) is 21.3 Å². The smallest absolute Gasteiger partial charge is 0.313 e. The van der Waals surface area contributed by atoms with Gasteiger partial charge < -0.3 is 5.11 Å². The second-order valence-corrected chi connectivity index (χ2v) is 3.43. The maximum absolute atomic E-state index is 10.4. The van der Waals surface area contributed by atoms with Gasteiger partial charge in [-0.3, -0.25) is 4.79 Å². The Kier molecular flexibility index (Phi) is 2.19. The van der Waals surface area contributed by atoms with Crippen LogP contribution in [0.4, 0.5) is 0 Å². The summed E-state index contributed by atoms with van der Waals surface area (Å²) in [5.41, 5.74) is 0. The maximum atomic E-state index is 10.4. The zero-order valence-electron chi connectivity index (χ0n) is 6.24. The first kappa shape index (κ1) is 8.13. The minimum atomic E-state index is -0.860. The van der Waals surface area contributed by atoms with E-state index in [1.807, 2.05) is 0 Å². The van der Waals surface area contributed by atoms with Crippen LogP contribution in [0.25, 0.3) is 0 Å². The molecule has 1 atom stereocenters. The van der Waals surface area contributed by atoms with Gasteiger partial charge in [-0.25, -0.2) is 0 Å². The van der Waals surface area contributed by atoms with Gasteiger partial charge in [0.05, 0.1) is 0 Å². The average molecular weight is 172 g/mol. The van der Waals surface area contributed by atoms with Crippen molar-refractivity contribution < 1.29 is 9.90 Å². The number of aryl methyl sites for hydroxylation is 1. The van der Waals surface area contributed by atoms with Crippen molar-refractivity contribution in [1.82, 2.24) is 10.2 Å². The minimum absolute atomic E-state index is 0.541. The average Bonchev–Trinajstić information content (AvgIpc) is 2.34. The molecule has 0 aliphatic rings. The molecule has 0 saturated heterocycles. The van der Waals surface area contributed by atoms with Crippen molar-refractivity contribution in [3.63, 3.8) is 0 Å². The van der Waals surface area contributed by atoms with Gasteiger partial charge in [0.25, 0.3) is 0 Å². The molecule has 1 rings (SSSR count). The van der Waals surface area contributed by atoms with Gasteiger partial charge in [0, 0.05) is 0 Å². The lowest BCUT2D eigenvalue weighted by molar-refractivity contribution is -0.138. The Bertz CT molecular complexity index is 271. The Hall–Kier alpha value is -0.970. The van der Waals surface area contributed by atoms with Gasteiger partial charge in [-0.1, -0.05) is 0 Å². The van der Waals surface area contributed by atoms with Gasteiger partial charge in [0.1, 0.15) is 15.9 Å². The van der Waals surface area contributed by atoms with E-state index in [1.54, 1.807) is 13.8 Å². The van der Waals surface area contributed by atoms with Crippen molar-refractivity contribution in [3.05, 3.63) is 10.0 Å². The Labute approximate surface area is 67.9 Å². The molecule has 0 bridgehead atoms. The zero-order valence-corrected chi connectivity index (χ0v) is 7.05. The molecule has 60 valence electrons. The summed E-state index contributed by atoms with van der Waals surface area (Å²) < 4.78 is 0. The lowest BCUT2D eigenvalue weighted by Gasteiger charge is -1.97. The first-order chi connectivity index (χ1) is 5.11. The molecule has 0 aromatic carbocycles. The molecule has 0 radical (unpaired) electrons. The highest BCUT2D eigenvalue weighted by Gasteiger charge is 2.17. The third kappa shape index (κ3) is 1.74. The Morgan fingerprint density at radius 2 is 2.27 bits per heavy atom. The summed E-state index contributed by atoms with van der Waals surface area (Å²) in [6.07, 6.45) is 0. The van der Waals surface area contributed by atoms with E-state index in [-0.39, 0.29) is 0 Å². The fourth-order valence-corrected chi connectivity index (χ4v) is 1.34. The van der Waals surface area contributed by atoms with Crippen LogP contribution < -0.4 is 0 Å². The molecule has 1 aromatic rings. The van der Waals surface area contributed by atoms with Crippen LogP contribution >= 0.6 is 11.3 Å². The van der Waals surface area contributed by atoms with E-state index in [2.05, 4.69) is 10.2 Å². The highest BCUT2D eigenvalue weighted by Crippen LogP contribution is 2.18. The largest absolute Gasteiger partial charge is 0.481 e. The van der Waals surface area contributed by atoms with Crippen LogP contribution in [0.1, 0.15) is 22.9 Å². The summed E-state index contributed by atoms with van der Waals surface area (Å²) in [5, 5.41) is 17.4. The van der Waals surface area contributed by atoms with E-state index in [4.69, 9.17) is 5.11 Å². The number of aromatic nitrogens is 2. The number of carboxylic acids is 1. The summed E-state index contributed by atoms with van der Waals surface area (Å²) >= 11 is 1.32. The summed E-state index contributed by atoms with van der Waals surface area (Å²) in [7, 11) is 0. The number of rotatable bonds is 2. The molecule has 1 heterocycles. The van der Waals surface area contributed by atoms with Crippen molar-refractivity contribution >= 4 is 17.3 Å². The normalized spacial score (nSPS) is 12.9. The van der Waals surface area contributed by atoms with E-state index in [0.29, 0.717) is 5.01 Å². The maximum Gasteiger partial charge on any atom is 0.313 e. The molecule has 1 aromatic heterocycles. The first-order valence-corrected chi connectivity index (χ1v) is 3.95. The van der Waals surface area contributed by atoms with Gasteiger partial charge in [0.15, 0.2) is 0 Å². The van der Waals surface area contributed by atoms with Crippen molar-refractivity contribution in [3.8, 4) is 0 Å². The molecular weight excluding hydrogens is 164 g/mol. The first-order valence-electron chi connectivity index (χ1n) is 3.14. The zero-order chi connectivity index (χ0) is 8.43. The van der Waals surface area contributed by atoms with Crippen LogP contribution in [0.3, 0.4) is 0 Å². The number of aliphatic carboxylic acids is 1. The van der Waals surface area contributed by atoms with Gasteiger partial charge in [-0.2, -0.15) is 0 Å². The van der Waals surface area contributed by atoms with E-state index in [0.717, 1.165) is 5.01 Å². The SMILES string of the molecule is Cc1nnc(C(C)C(=O)O)s1. The molecule has 0 amide bonds. The summed E-state index contributed by atoms with van der Waals surface area (Å²) in [5.74, 6) is -1.40. The lowest BCUT2D eigenvalue weighted by Crippen LogP contribution is -2.06. The van der Waals surface area contributed by atoms with Gasteiger partial charge in [0.2, 0.25) is 0 Å². The Morgan fingerprint density at radius 1 is 1.64 bits per heavy atom. The summed E-state index contributed by atoms with van der Waals surface area (Å²) in [6, 6.07) is 0. The number of carbonyl (C=O) groups is 1. The molecule has 5 heteroatoms. The molecule has 1 unspecified atom stereocenters. The number of hydrogen-bond acceptors (Lipinski definition) is 4. The number of hydrogen-bond donors (Lipinski definition) is 1. The number of nitrogens with zero attached hydrogens (tertiary/aromatic N) is 2. The van der Waals surface area contributed by atoms with E-state index in [1.165, 1.54) is 11.3 Å². The van der Waals surface area contributed by atoms with Gasteiger partial charge in [-0.15, -0.1) is 21.5 Å². The van der Waals surface area contributed by atoms with Crippen LogP contribution in [0, 0.1) is 6.92 Å². The highest BCUT2D eigenvalue weighted by atomic mass is 32.1. The molecule has 0 aliphatic carbocycles. The van der Waals surface area contributed by atoms with Crippen molar-refractivity contribution in [2.75, 3.05) is 0 Å². The molecular formula is C6H8N2O2S. The predicted octanol–water partition coefficient (Wildman–Crippen LogP) is 1.03. The standard InChI is InChI=1S/C6H8N2O2S/c1-3(6(9)10)5-8-7-4(2)11-5/h3H,1-2H3,(H,9,10). The molecule has 1 N–H and O–H groups in total. The third-order valence-electron chi connectivity index (χ3n) is 1.28. The second-order valence-electron chi connectivity index (χ2n) is 2.22. The molecule has 0 saturated carbocycles. The van der Waals surface area contributed by atoms with E-state index >= 15 is 0 Å². The fourth-order valence-electron chi connectivity index (χ4n) is 0.592. The Balaban J connectivity index is 2.84. The van der Waals surface area contributed by atoms with Crippen LogP contribution in [-0.2, 0) is 4.79 Å². The second kappa shape index (κ2) is 2.96. The topological polar surface area (TPSA) is 63.1 Å². The predicted molar refractivity (Wildman–Crippen MR) is 40.7 cm³/mol. The fraction of sp³-hybridized carbons (Fsp3) is 0.500. The van der Waals surface area contributed by atoms with Crippen LogP contribution in [0.15, 0.2) is 0 Å². The molecule has 4 nitrogen and oxygen atoms in total. The van der Waals surface area contributed by atoms with E-state index < -0.39 is 11.9 Å². The minimum Gasteiger partial charge on any atom is -0.481 e. The Morgan fingerprint density at radius 3 is 2.64 bits per heavy atom. The lowest BCUT2D eigenvalue weighted by atomic mass is 10.2. The number of carboxylic acid groups (broad SMARTS) is 1. The quantitative estimate of drug-likeness (QED) is 0.723. The molecule has 0 spiro atoms. The summed E-state index contributed by atoms with van der Waals surface area (Å²) in [4.78, 5) is 10.4. The van der Waals surface area contributed by atoms with Crippen molar-refractivity contribution in [2.24, 2.45) is 0 Å². The molecule has 0 fully saturated rings. The van der Waals surface area contributed by atoms with Crippen LogP contribution in [0.2, 0.25) is 0 Å². The third-order valence-corrected chi connectivity index (χ3v) is 2.30. The van der Waals surface area contributed by atoms with Crippen LogP contribution in [0.5, 0.6) is 0 Å². The van der Waals surface area contributed by atoms with Crippen molar-refractivity contribution in [2.45, 2.75) is 19.8 Å². The van der Waals surface area contributed by atoms with Gasteiger partial charge in [-0.05, 0) is 13.8 Å². The van der Waals surface area contributed by atoms with Gasteiger partial charge >= 0.3 is 5.97 Å². The highest BCUT2D eigenvalue weighted by molar-refractivity contribution is 7.11. The monoisotopic (exact) mass is 172 g/mol. The van der Waals surface area contributed by atoms with E-state index in [9.17, 15) is 4.79 Å². The summed E-state index contributed by atoms with van der Waals surface area (Å²) in [6.45, 7) is 3.40.